The average molecular weight is 488 g/mol. The number of hydrogen-bond acceptors (Lipinski definition) is 6. The Balaban J connectivity index is 1.34. The maximum absolute atomic E-state index is 12.8. The summed E-state index contributed by atoms with van der Waals surface area (Å²) in [7, 11) is -3.82. The van der Waals surface area contributed by atoms with Crippen molar-refractivity contribution in [3.8, 4) is 11.5 Å². The molecule has 0 aromatic heterocycles. The van der Waals surface area contributed by atoms with Crippen molar-refractivity contribution in [2.24, 2.45) is 5.92 Å². The molecule has 9 heteroatoms. The summed E-state index contributed by atoms with van der Waals surface area (Å²) in [6.45, 7) is 8.13. The fraction of sp³-hybridized carbons (Fsp3) is 0.480. The lowest BCUT2D eigenvalue weighted by molar-refractivity contribution is 0.0921. The largest absolute Gasteiger partial charge is 0.490 e. The summed E-state index contributed by atoms with van der Waals surface area (Å²) in [5.41, 5.74) is 0.859. The zero-order valence-corrected chi connectivity index (χ0v) is 20.6. The first-order chi connectivity index (χ1) is 16.3. The van der Waals surface area contributed by atoms with Crippen molar-refractivity contribution >= 4 is 21.6 Å². The van der Waals surface area contributed by atoms with E-state index in [9.17, 15) is 13.2 Å². The van der Waals surface area contributed by atoms with E-state index in [4.69, 9.17) is 9.47 Å². The third kappa shape index (κ3) is 6.01. The average Bonchev–Trinajstić information content (AvgIpc) is 3.08. The van der Waals surface area contributed by atoms with Crippen LogP contribution in [0.1, 0.15) is 43.5 Å². The second-order valence-electron chi connectivity index (χ2n) is 9.12. The van der Waals surface area contributed by atoms with Crippen LogP contribution >= 0.6 is 0 Å². The van der Waals surface area contributed by atoms with Crippen LogP contribution in [0.5, 0.6) is 11.5 Å². The highest BCUT2D eigenvalue weighted by molar-refractivity contribution is 7.92. The second kappa shape index (κ2) is 10.7. The number of fused-ring (bicyclic) bond motifs is 1. The molecule has 2 aliphatic heterocycles. The fourth-order valence-electron chi connectivity index (χ4n) is 4.16. The minimum Gasteiger partial charge on any atom is -0.490 e. The van der Waals surface area contributed by atoms with E-state index in [-0.39, 0.29) is 16.8 Å². The maximum atomic E-state index is 12.8. The minimum atomic E-state index is -3.82. The van der Waals surface area contributed by atoms with Gasteiger partial charge in [0.15, 0.2) is 11.5 Å². The highest BCUT2D eigenvalue weighted by Crippen LogP contribution is 2.32. The fourth-order valence-corrected chi connectivity index (χ4v) is 5.23. The number of amides is 1. The lowest BCUT2D eigenvalue weighted by Gasteiger charge is -2.35. The molecule has 4 rings (SSSR count). The number of sulfonamides is 1. The van der Waals surface area contributed by atoms with Crippen molar-refractivity contribution in [1.82, 2.24) is 10.2 Å². The number of nitrogens with one attached hydrogen (secondary N) is 2. The quantitative estimate of drug-likeness (QED) is 0.621. The van der Waals surface area contributed by atoms with Crippen LogP contribution in [0, 0.1) is 5.92 Å². The Morgan fingerprint density at radius 3 is 2.44 bits per heavy atom. The van der Waals surface area contributed by atoms with Gasteiger partial charge in [0, 0.05) is 36.3 Å². The van der Waals surface area contributed by atoms with Gasteiger partial charge in [0.05, 0.1) is 18.1 Å². The number of rotatable bonds is 7. The molecule has 2 aromatic rings. The number of benzene rings is 2. The van der Waals surface area contributed by atoms with Crippen LogP contribution in [0.15, 0.2) is 47.4 Å². The SMILES string of the molecule is CC1CCN(C(C)CNC(=O)c2ccc(NS(=O)(=O)c3ccc4c(c3)OCCCO4)cc2)CC1. The number of anilines is 1. The van der Waals surface area contributed by atoms with Crippen molar-refractivity contribution in [3.05, 3.63) is 48.0 Å². The molecule has 184 valence electrons. The zero-order valence-electron chi connectivity index (χ0n) is 19.7. The van der Waals surface area contributed by atoms with E-state index < -0.39 is 10.0 Å². The number of hydrogen-bond donors (Lipinski definition) is 2. The highest BCUT2D eigenvalue weighted by Gasteiger charge is 2.21. The predicted octanol–water partition coefficient (Wildman–Crippen LogP) is 3.50. The first kappa shape index (κ1) is 24.3. The summed E-state index contributed by atoms with van der Waals surface area (Å²) in [4.78, 5) is 15.1. The van der Waals surface area contributed by atoms with Gasteiger partial charge in [-0.3, -0.25) is 14.4 Å². The molecule has 8 nitrogen and oxygen atoms in total. The monoisotopic (exact) mass is 487 g/mol. The van der Waals surface area contributed by atoms with E-state index in [1.807, 2.05) is 0 Å². The highest BCUT2D eigenvalue weighted by atomic mass is 32.2. The van der Waals surface area contributed by atoms with Crippen LogP contribution in [0.3, 0.4) is 0 Å². The molecular formula is C25H33N3O5S. The molecule has 0 spiro atoms. The standard InChI is InChI=1S/C25H33N3O5S/c1-18-10-12-28(13-11-18)19(2)17-26-25(29)20-4-6-21(7-5-20)27-34(30,31)22-8-9-23-24(16-22)33-15-3-14-32-23/h4-9,16,18-19,27H,3,10-15,17H2,1-2H3,(H,26,29). The van der Waals surface area contributed by atoms with Gasteiger partial charge in [0.2, 0.25) is 0 Å². The van der Waals surface area contributed by atoms with E-state index in [2.05, 4.69) is 28.8 Å². The topological polar surface area (TPSA) is 97.0 Å². The first-order valence-corrected chi connectivity index (χ1v) is 13.3. The molecule has 1 fully saturated rings. The van der Waals surface area contributed by atoms with E-state index >= 15 is 0 Å². The molecule has 1 saturated heterocycles. The normalized spacial score (nSPS) is 18.1. The van der Waals surface area contributed by atoms with E-state index in [1.165, 1.54) is 25.0 Å². The molecule has 2 aromatic carbocycles. The number of likely N-dealkylation sites (tertiary alicyclic amines) is 1. The first-order valence-electron chi connectivity index (χ1n) is 11.9. The van der Waals surface area contributed by atoms with E-state index in [1.54, 1.807) is 30.3 Å². The zero-order chi connectivity index (χ0) is 24.1. The van der Waals surface area contributed by atoms with Gasteiger partial charge in [-0.05, 0) is 75.2 Å². The molecule has 0 saturated carbocycles. The Morgan fingerprint density at radius 1 is 1.06 bits per heavy atom. The van der Waals surface area contributed by atoms with Crippen molar-refractivity contribution in [2.45, 2.75) is 44.0 Å². The van der Waals surface area contributed by atoms with Crippen molar-refractivity contribution in [1.29, 1.82) is 0 Å². The summed E-state index contributed by atoms with van der Waals surface area (Å²) in [6, 6.07) is 11.3. The van der Waals surface area contributed by atoms with E-state index in [0.717, 1.165) is 25.4 Å². The number of piperidine rings is 1. The summed E-state index contributed by atoms with van der Waals surface area (Å²) in [6.07, 6.45) is 3.13. The number of ether oxygens (including phenoxy) is 2. The molecule has 34 heavy (non-hydrogen) atoms. The Bertz CT molecular complexity index is 1100. The molecule has 1 amide bonds. The second-order valence-corrected chi connectivity index (χ2v) is 10.8. The Hall–Kier alpha value is -2.78. The van der Waals surface area contributed by atoms with Crippen molar-refractivity contribution in [3.63, 3.8) is 0 Å². The molecule has 2 heterocycles. The van der Waals surface area contributed by atoms with Crippen molar-refractivity contribution in [2.75, 3.05) is 37.6 Å². The Morgan fingerprint density at radius 2 is 1.74 bits per heavy atom. The third-order valence-corrected chi connectivity index (χ3v) is 7.81. The molecule has 1 atom stereocenters. The predicted molar refractivity (Wildman–Crippen MR) is 131 cm³/mol. The summed E-state index contributed by atoms with van der Waals surface area (Å²) >= 11 is 0. The van der Waals surface area contributed by atoms with Crippen LogP contribution < -0.4 is 19.5 Å². The molecule has 0 bridgehead atoms. The molecule has 1 unspecified atom stereocenters. The number of carbonyl (C=O) groups excluding carboxylic acids is 1. The lowest BCUT2D eigenvalue weighted by Crippen LogP contribution is -2.45. The van der Waals surface area contributed by atoms with Gasteiger partial charge in [-0.1, -0.05) is 6.92 Å². The smallest absolute Gasteiger partial charge is 0.262 e. The van der Waals surface area contributed by atoms with Crippen LogP contribution in [0.25, 0.3) is 0 Å². The Kier molecular flexibility index (Phi) is 7.63. The minimum absolute atomic E-state index is 0.0830. The maximum Gasteiger partial charge on any atom is 0.262 e. The Labute approximate surface area is 201 Å². The summed E-state index contributed by atoms with van der Waals surface area (Å²) in [5, 5.41) is 2.99. The number of carbonyl (C=O) groups is 1. The van der Waals surface area contributed by atoms with Crippen LogP contribution in [-0.4, -0.2) is 58.1 Å². The van der Waals surface area contributed by atoms with Gasteiger partial charge in [-0.25, -0.2) is 8.42 Å². The van der Waals surface area contributed by atoms with Gasteiger partial charge in [0.25, 0.3) is 15.9 Å². The van der Waals surface area contributed by atoms with Crippen LogP contribution in [-0.2, 0) is 10.0 Å². The molecule has 0 aliphatic carbocycles. The van der Waals surface area contributed by atoms with Gasteiger partial charge < -0.3 is 14.8 Å². The molecule has 0 radical (unpaired) electrons. The molecular weight excluding hydrogens is 454 g/mol. The third-order valence-electron chi connectivity index (χ3n) is 6.43. The molecule has 2 aliphatic rings. The summed E-state index contributed by atoms with van der Waals surface area (Å²) < 4.78 is 39.4. The lowest BCUT2D eigenvalue weighted by atomic mass is 9.98. The van der Waals surface area contributed by atoms with Gasteiger partial charge >= 0.3 is 0 Å². The van der Waals surface area contributed by atoms with E-state index in [0.29, 0.717) is 42.5 Å². The van der Waals surface area contributed by atoms with Crippen LogP contribution in [0.2, 0.25) is 0 Å². The number of nitrogens with zero attached hydrogens (tertiary/aromatic N) is 1. The van der Waals surface area contributed by atoms with Gasteiger partial charge in [0.1, 0.15) is 0 Å². The van der Waals surface area contributed by atoms with Gasteiger partial charge in [-0.2, -0.15) is 0 Å². The van der Waals surface area contributed by atoms with Gasteiger partial charge in [-0.15, -0.1) is 0 Å². The van der Waals surface area contributed by atoms with Crippen molar-refractivity contribution < 1.29 is 22.7 Å². The van der Waals surface area contributed by atoms with Crippen LogP contribution in [0.4, 0.5) is 5.69 Å². The molecule has 2 N–H and O–H groups in total. The summed E-state index contributed by atoms with van der Waals surface area (Å²) in [5.74, 6) is 1.55.